The number of aryl methyl sites for hydroxylation is 2. The Balaban J connectivity index is 0.00000145. The smallest absolute Gasteiger partial charge is 0.337 e. The van der Waals surface area contributed by atoms with Crippen LogP contribution in [0.4, 0.5) is 0 Å². The first kappa shape index (κ1) is 22.3. The third kappa shape index (κ3) is 4.53. The summed E-state index contributed by atoms with van der Waals surface area (Å²) in [4.78, 5) is 34.0. The molecule has 3 aromatic rings. The highest BCUT2D eigenvalue weighted by molar-refractivity contribution is 6.08. The molecule has 29 heavy (non-hydrogen) atoms. The molecule has 0 radical (unpaired) electrons. The molecule has 2 heterocycles. The van der Waals surface area contributed by atoms with Crippen molar-refractivity contribution in [1.29, 1.82) is 0 Å². The van der Waals surface area contributed by atoms with Gasteiger partial charge < -0.3 is 9.30 Å². The fourth-order valence-corrected chi connectivity index (χ4v) is 3.01. The van der Waals surface area contributed by atoms with E-state index in [1.54, 1.807) is 29.1 Å². The summed E-state index contributed by atoms with van der Waals surface area (Å²) >= 11 is 0. The van der Waals surface area contributed by atoms with Crippen LogP contribution in [-0.4, -0.2) is 33.4 Å². The van der Waals surface area contributed by atoms with Gasteiger partial charge in [0.25, 0.3) is 0 Å². The number of rotatable bonds is 3. The second-order valence-corrected chi connectivity index (χ2v) is 7.74. The van der Waals surface area contributed by atoms with Crippen LogP contribution in [0.25, 0.3) is 22.4 Å². The van der Waals surface area contributed by atoms with E-state index in [0.29, 0.717) is 28.0 Å². The first-order valence-corrected chi connectivity index (χ1v) is 9.69. The van der Waals surface area contributed by atoms with Crippen molar-refractivity contribution in [3.05, 3.63) is 47.3 Å². The van der Waals surface area contributed by atoms with Crippen LogP contribution in [0.3, 0.4) is 0 Å². The normalized spacial score (nSPS) is 11.0. The maximum Gasteiger partial charge on any atom is 0.337 e. The summed E-state index contributed by atoms with van der Waals surface area (Å²) < 4.78 is 6.63. The van der Waals surface area contributed by atoms with E-state index in [1.807, 2.05) is 54.7 Å². The van der Waals surface area contributed by atoms with Crippen LogP contribution in [-0.2, 0) is 11.8 Å². The molecule has 0 aliphatic rings. The van der Waals surface area contributed by atoms with Crippen LogP contribution in [0.5, 0.6) is 0 Å². The van der Waals surface area contributed by atoms with Crippen molar-refractivity contribution in [2.45, 2.75) is 41.5 Å². The number of Topliss-reactive ketones (excluding diaryl/α,β-unsaturated/α-hetero) is 1. The molecular formula is C23H29N3O3. The van der Waals surface area contributed by atoms with E-state index < -0.39 is 11.4 Å². The Morgan fingerprint density at radius 3 is 2.34 bits per heavy atom. The van der Waals surface area contributed by atoms with Crippen molar-refractivity contribution in [2.24, 2.45) is 12.5 Å². The molecule has 3 rings (SSSR count). The van der Waals surface area contributed by atoms with Crippen LogP contribution in [0.2, 0.25) is 0 Å². The minimum Gasteiger partial charge on any atom is -0.465 e. The molecule has 154 valence electrons. The minimum absolute atomic E-state index is 0.0130. The Morgan fingerprint density at radius 1 is 1.10 bits per heavy atom. The average molecular weight is 396 g/mol. The molecule has 0 amide bonds. The predicted molar refractivity (Wildman–Crippen MR) is 115 cm³/mol. The second kappa shape index (κ2) is 8.55. The molecule has 0 saturated carbocycles. The number of benzene rings is 1. The van der Waals surface area contributed by atoms with Gasteiger partial charge >= 0.3 is 5.97 Å². The van der Waals surface area contributed by atoms with Crippen LogP contribution in [0.1, 0.15) is 60.9 Å². The zero-order valence-corrected chi connectivity index (χ0v) is 18.5. The summed E-state index contributed by atoms with van der Waals surface area (Å²) in [5.74, 6) is -0.392. The first-order chi connectivity index (χ1) is 13.6. The molecule has 0 unspecified atom stereocenters. The number of hydrogen-bond donors (Lipinski definition) is 0. The molecule has 0 atom stereocenters. The molecule has 0 saturated heterocycles. The molecule has 6 nitrogen and oxygen atoms in total. The Labute approximate surface area is 171 Å². The molecule has 0 aliphatic carbocycles. The van der Waals surface area contributed by atoms with Crippen molar-refractivity contribution in [1.82, 2.24) is 14.5 Å². The average Bonchev–Trinajstić information content (AvgIpc) is 3.03. The number of ketones is 1. The largest absolute Gasteiger partial charge is 0.465 e. The second-order valence-electron chi connectivity index (χ2n) is 7.74. The lowest BCUT2D eigenvalue weighted by Crippen LogP contribution is -2.20. The number of aromatic nitrogens is 3. The maximum atomic E-state index is 12.8. The number of nitrogens with zero attached hydrogens (tertiary/aromatic N) is 3. The van der Waals surface area contributed by atoms with Gasteiger partial charge in [-0.15, -0.1) is 0 Å². The number of ether oxygens (including phenoxy) is 1. The number of carbonyl (C=O) groups is 2. The van der Waals surface area contributed by atoms with Crippen LogP contribution in [0.15, 0.2) is 30.6 Å². The standard InChI is InChI=1S/C21H23N3O3.C2H6/c1-12-7-13(9-14(8-12)20(26)27-6)16-10-22-19-17(23-16)15(11-24(19)5)18(25)21(2,3)4;1-2/h7-11H,1-6H3;1-2H3. The molecule has 0 aliphatic heterocycles. The number of carbonyl (C=O) groups excluding carboxylic acids is 2. The summed E-state index contributed by atoms with van der Waals surface area (Å²) in [5, 5.41) is 0. The number of hydrogen-bond acceptors (Lipinski definition) is 5. The summed E-state index contributed by atoms with van der Waals surface area (Å²) in [7, 11) is 3.20. The SMILES string of the molecule is CC.COC(=O)c1cc(C)cc(-c2cnc3c(n2)c(C(=O)C(C)(C)C)cn3C)c1. The van der Waals surface area contributed by atoms with Gasteiger partial charge in [0.05, 0.1) is 30.1 Å². The topological polar surface area (TPSA) is 74.1 Å². The van der Waals surface area contributed by atoms with E-state index in [2.05, 4.69) is 4.98 Å². The third-order valence-corrected chi connectivity index (χ3v) is 4.39. The highest BCUT2D eigenvalue weighted by Gasteiger charge is 2.27. The first-order valence-electron chi connectivity index (χ1n) is 9.69. The molecule has 6 heteroatoms. The van der Waals surface area contributed by atoms with Crippen molar-refractivity contribution < 1.29 is 14.3 Å². The summed E-state index contributed by atoms with van der Waals surface area (Å²) in [6, 6.07) is 5.41. The Kier molecular flexibility index (Phi) is 6.57. The van der Waals surface area contributed by atoms with E-state index in [-0.39, 0.29) is 5.78 Å². The minimum atomic E-state index is -0.520. The van der Waals surface area contributed by atoms with Gasteiger partial charge in [0.15, 0.2) is 11.4 Å². The lowest BCUT2D eigenvalue weighted by atomic mass is 9.87. The van der Waals surface area contributed by atoms with E-state index in [4.69, 9.17) is 9.72 Å². The third-order valence-electron chi connectivity index (χ3n) is 4.39. The van der Waals surface area contributed by atoms with E-state index in [1.165, 1.54) is 7.11 Å². The quantitative estimate of drug-likeness (QED) is 0.462. The van der Waals surface area contributed by atoms with Gasteiger partial charge in [-0.1, -0.05) is 34.6 Å². The van der Waals surface area contributed by atoms with Crippen molar-refractivity contribution in [3.63, 3.8) is 0 Å². The van der Waals surface area contributed by atoms with Gasteiger partial charge in [0, 0.05) is 24.2 Å². The highest BCUT2D eigenvalue weighted by Crippen LogP contribution is 2.28. The van der Waals surface area contributed by atoms with Crippen LogP contribution < -0.4 is 0 Å². The zero-order chi connectivity index (χ0) is 21.9. The lowest BCUT2D eigenvalue weighted by molar-refractivity contribution is 0.0600. The van der Waals surface area contributed by atoms with Crippen LogP contribution >= 0.6 is 0 Å². The van der Waals surface area contributed by atoms with Gasteiger partial charge in [-0.25, -0.2) is 14.8 Å². The van der Waals surface area contributed by atoms with Gasteiger partial charge in [-0.2, -0.15) is 0 Å². The fraction of sp³-hybridized carbons (Fsp3) is 0.391. The Hall–Kier alpha value is -3.02. The number of esters is 1. The lowest BCUT2D eigenvalue weighted by Gasteiger charge is -2.15. The van der Waals surface area contributed by atoms with Crippen LogP contribution in [0, 0.1) is 12.3 Å². The van der Waals surface area contributed by atoms with Crippen molar-refractivity contribution in [3.8, 4) is 11.3 Å². The summed E-state index contributed by atoms with van der Waals surface area (Å²) in [6.07, 6.45) is 3.43. The molecule has 0 spiro atoms. The maximum absolute atomic E-state index is 12.8. The Morgan fingerprint density at radius 2 is 1.76 bits per heavy atom. The molecule has 0 fully saturated rings. The fourth-order valence-electron chi connectivity index (χ4n) is 3.01. The summed E-state index contributed by atoms with van der Waals surface area (Å²) in [5.41, 5.74) is 3.96. The van der Waals surface area contributed by atoms with Crippen molar-refractivity contribution in [2.75, 3.05) is 7.11 Å². The molecule has 1 aromatic carbocycles. The molecule has 0 bridgehead atoms. The number of fused-ring (bicyclic) bond motifs is 1. The highest BCUT2D eigenvalue weighted by atomic mass is 16.5. The molecular weight excluding hydrogens is 366 g/mol. The van der Waals surface area contributed by atoms with Gasteiger partial charge in [0.1, 0.15) is 5.52 Å². The van der Waals surface area contributed by atoms with E-state index >= 15 is 0 Å². The molecule has 2 aromatic heterocycles. The monoisotopic (exact) mass is 395 g/mol. The van der Waals surface area contributed by atoms with Gasteiger partial charge in [-0.3, -0.25) is 4.79 Å². The van der Waals surface area contributed by atoms with Crippen molar-refractivity contribution >= 4 is 22.9 Å². The zero-order valence-electron chi connectivity index (χ0n) is 18.5. The predicted octanol–water partition coefficient (Wildman–Crippen LogP) is 4.99. The number of methoxy groups -OCH3 is 1. The van der Waals surface area contributed by atoms with E-state index in [9.17, 15) is 9.59 Å². The van der Waals surface area contributed by atoms with Gasteiger partial charge in [0.2, 0.25) is 0 Å². The van der Waals surface area contributed by atoms with E-state index in [0.717, 1.165) is 11.1 Å². The summed E-state index contributed by atoms with van der Waals surface area (Å²) in [6.45, 7) is 11.6. The van der Waals surface area contributed by atoms with Gasteiger partial charge in [-0.05, 0) is 30.7 Å². The Bertz CT molecular complexity index is 1060. The molecule has 0 N–H and O–H groups in total.